The Hall–Kier alpha value is -2.14. The van der Waals surface area contributed by atoms with Crippen molar-refractivity contribution in [2.24, 2.45) is 0 Å². The third kappa shape index (κ3) is 4.24. The Morgan fingerprint density at radius 3 is 2.30 bits per heavy atom. The third-order valence-electron chi connectivity index (χ3n) is 4.91. The van der Waals surface area contributed by atoms with Crippen LogP contribution >= 0.6 is 15.9 Å². The molecule has 0 bridgehead atoms. The number of allylic oxidation sites excluding steroid dienone is 2. The van der Waals surface area contributed by atoms with Gasteiger partial charge >= 0.3 is 0 Å². The molecule has 0 aliphatic carbocycles. The minimum absolute atomic E-state index is 0.263. The van der Waals surface area contributed by atoms with Crippen LogP contribution in [0.15, 0.2) is 34.8 Å². The van der Waals surface area contributed by atoms with E-state index in [0.717, 1.165) is 39.9 Å². The zero-order valence-electron chi connectivity index (χ0n) is 16.6. The molecule has 1 heterocycles. The highest BCUT2D eigenvalue weighted by Crippen LogP contribution is 2.29. The summed E-state index contributed by atoms with van der Waals surface area (Å²) in [6, 6.07) is 6.06. The van der Waals surface area contributed by atoms with Gasteiger partial charge in [-0.15, -0.1) is 0 Å². The number of rotatable bonds is 6. The van der Waals surface area contributed by atoms with Crippen molar-refractivity contribution in [1.82, 2.24) is 0 Å². The fourth-order valence-corrected chi connectivity index (χ4v) is 4.18. The molecule has 0 unspecified atom stereocenters. The Labute approximate surface area is 170 Å². The number of hydrogen-bond acceptors (Lipinski definition) is 2. The van der Waals surface area contributed by atoms with E-state index in [9.17, 15) is 10.0 Å². The molecule has 1 amide bonds. The van der Waals surface area contributed by atoms with Crippen LogP contribution in [0.5, 0.6) is 0 Å². The molecule has 27 heavy (non-hydrogen) atoms. The first-order valence-electron chi connectivity index (χ1n) is 9.31. The smallest absolute Gasteiger partial charge is 0.263 e. The van der Waals surface area contributed by atoms with E-state index in [1.54, 1.807) is 13.8 Å². The van der Waals surface area contributed by atoms with E-state index < -0.39 is 0 Å². The molecule has 144 valence electrons. The number of nitrogens with zero attached hydrogens (tertiary/aromatic N) is 1. The van der Waals surface area contributed by atoms with Crippen molar-refractivity contribution in [3.63, 3.8) is 0 Å². The summed E-state index contributed by atoms with van der Waals surface area (Å²) in [5, 5.41) is 15.7. The SMILES string of the molecule is CC=CCc1c(Br)c(C(=O)Nc2c(CC)cccc2CC)c(C)[n+]([O-])c1C. The largest absolute Gasteiger partial charge is 0.618 e. The summed E-state index contributed by atoms with van der Waals surface area (Å²) >= 11 is 3.59. The molecule has 4 nitrogen and oxygen atoms in total. The zero-order valence-corrected chi connectivity index (χ0v) is 18.2. The van der Waals surface area contributed by atoms with Gasteiger partial charge in [-0.1, -0.05) is 44.2 Å². The molecule has 1 aromatic carbocycles. The molecule has 0 aliphatic heterocycles. The quantitative estimate of drug-likeness (QED) is 0.389. The Bertz CT molecular complexity index is 866. The van der Waals surface area contributed by atoms with Crippen molar-refractivity contribution in [1.29, 1.82) is 0 Å². The maximum atomic E-state index is 13.2. The maximum absolute atomic E-state index is 13.2. The van der Waals surface area contributed by atoms with Gasteiger partial charge in [-0.25, -0.2) is 0 Å². The van der Waals surface area contributed by atoms with Crippen molar-refractivity contribution in [3.05, 3.63) is 73.7 Å². The van der Waals surface area contributed by atoms with E-state index in [0.29, 0.717) is 27.8 Å². The van der Waals surface area contributed by atoms with E-state index in [1.807, 2.05) is 37.3 Å². The summed E-state index contributed by atoms with van der Waals surface area (Å²) < 4.78 is 1.54. The van der Waals surface area contributed by atoms with Gasteiger partial charge in [0.25, 0.3) is 5.91 Å². The first-order valence-corrected chi connectivity index (χ1v) is 10.1. The van der Waals surface area contributed by atoms with Crippen molar-refractivity contribution >= 4 is 27.5 Å². The second kappa shape index (κ2) is 9.18. The fraction of sp³-hybridized carbons (Fsp3) is 0.364. The monoisotopic (exact) mass is 430 g/mol. The van der Waals surface area contributed by atoms with Crippen molar-refractivity contribution < 1.29 is 9.52 Å². The minimum atomic E-state index is -0.263. The molecule has 0 radical (unpaired) electrons. The molecule has 0 saturated heterocycles. The number of nitrogens with one attached hydrogen (secondary N) is 1. The molecule has 0 aliphatic rings. The van der Waals surface area contributed by atoms with Crippen LogP contribution in [0.3, 0.4) is 0 Å². The summed E-state index contributed by atoms with van der Waals surface area (Å²) in [4.78, 5) is 13.2. The predicted octanol–water partition coefficient (Wildman–Crippen LogP) is 5.20. The van der Waals surface area contributed by atoms with Crippen LogP contribution in [0.25, 0.3) is 0 Å². The molecule has 0 spiro atoms. The van der Waals surface area contributed by atoms with E-state index in [1.165, 1.54) is 0 Å². The summed E-state index contributed by atoms with van der Waals surface area (Å²) in [5.74, 6) is -0.263. The number of carbonyl (C=O) groups excluding carboxylic acids is 1. The lowest BCUT2D eigenvalue weighted by atomic mass is 10.0. The fourth-order valence-electron chi connectivity index (χ4n) is 3.26. The molecule has 0 atom stereocenters. The van der Waals surface area contributed by atoms with Gasteiger partial charge in [-0.05, 0) is 53.2 Å². The van der Waals surface area contributed by atoms with Crippen LogP contribution in [0, 0.1) is 19.1 Å². The van der Waals surface area contributed by atoms with E-state index in [-0.39, 0.29) is 5.91 Å². The van der Waals surface area contributed by atoms with Crippen molar-refractivity contribution in [3.8, 4) is 0 Å². The van der Waals surface area contributed by atoms with Gasteiger partial charge < -0.3 is 10.5 Å². The Balaban J connectivity index is 2.56. The van der Waals surface area contributed by atoms with Gasteiger partial charge in [0.2, 0.25) is 5.69 Å². The van der Waals surface area contributed by atoms with E-state index in [2.05, 4.69) is 35.1 Å². The van der Waals surface area contributed by atoms with Crippen LogP contribution in [0.2, 0.25) is 0 Å². The molecule has 0 saturated carbocycles. The molecule has 5 heteroatoms. The highest BCUT2D eigenvalue weighted by atomic mass is 79.9. The number of aryl methyl sites for hydroxylation is 2. The summed E-state index contributed by atoms with van der Waals surface area (Å²) in [6.45, 7) is 9.54. The number of benzene rings is 1. The lowest BCUT2D eigenvalue weighted by molar-refractivity contribution is -0.619. The number of hydrogen-bond donors (Lipinski definition) is 1. The molecule has 1 N–H and O–H groups in total. The maximum Gasteiger partial charge on any atom is 0.263 e. The zero-order chi connectivity index (χ0) is 20.1. The number of pyridine rings is 1. The first kappa shape index (κ1) is 21.2. The minimum Gasteiger partial charge on any atom is -0.618 e. The lowest BCUT2D eigenvalue weighted by Crippen LogP contribution is -2.38. The second-order valence-electron chi connectivity index (χ2n) is 6.52. The van der Waals surface area contributed by atoms with Crippen LogP contribution in [-0.4, -0.2) is 5.91 Å². The molecular formula is C22H27BrN2O2. The topological polar surface area (TPSA) is 56.0 Å². The highest BCUT2D eigenvalue weighted by Gasteiger charge is 2.26. The number of anilines is 1. The van der Waals surface area contributed by atoms with Gasteiger partial charge in [-0.2, -0.15) is 4.73 Å². The number of aromatic nitrogens is 1. The summed E-state index contributed by atoms with van der Waals surface area (Å²) in [7, 11) is 0. The third-order valence-corrected chi connectivity index (χ3v) is 5.79. The Kier molecular flexibility index (Phi) is 7.19. The first-order chi connectivity index (χ1) is 12.9. The molecule has 1 aromatic heterocycles. The summed E-state index contributed by atoms with van der Waals surface area (Å²) in [5.41, 5.74) is 5.26. The van der Waals surface area contributed by atoms with Crippen molar-refractivity contribution in [2.45, 2.75) is 53.9 Å². The Morgan fingerprint density at radius 2 is 1.78 bits per heavy atom. The van der Waals surface area contributed by atoms with Crippen LogP contribution in [0.1, 0.15) is 59.2 Å². The molecule has 2 aromatic rings. The Morgan fingerprint density at radius 1 is 1.19 bits per heavy atom. The van der Waals surface area contributed by atoms with E-state index >= 15 is 0 Å². The van der Waals surface area contributed by atoms with Gasteiger partial charge in [-0.3, -0.25) is 4.79 Å². The second-order valence-corrected chi connectivity index (χ2v) is 7.31. The standard InChI is InChI=1S/C22H27BrN2O2/c1-6-9-13-18-14(4)25(27)15(5)19(20(18)23)22(26)24-21-16(7-2)11-10-12-17(21)8-3/h6,9-12H,7-8,13H2,1-5H3,(H,24,26). The van der Waals surface area contributed by atoms with Gasteiger partial charge in [0.15, 0.2) is 5.69 Å². The average Bonchev–Trinajstić information content (AvgIpc) is 2.66. The highest BCUT2D eigenvalue weighted by molar-refractivity contribution is 9.10. The number of halogens is 1. The summed E-state index contributed by atoms with van der Waals surface area (Å²) in [6.07, 6.45) is 6.16. The average molecular weight is 431 g/mol. The molecule has 0 fully saturated rings. The number of carbonyl (C=O) groups is 1. The number of para-hydroxylation sites is 1. The normalized spacial score (nSPS) is 11.2. The van der Waals surface area contributed by atoms with Crippen LogP contribution < -0.4 is 10.0 Å². The predicted molar refractivity (Wildman–Crippen MR) is 114 cm³/mol. The molecule has 2 rings (SSSR count). The van der Waals surface area contributed by atoms with Crippen LogP contribution in [-0.2, 0) is 19.3 Å². The van der Waals surface area contributed by atoms with Crippen LogP contribution in [0.4, 0.5) is 5.69 Å². The number of amides is 1. The van der Waals surface area contributed by atoms with Gasteiger partial charge in [0.1, 0.15) is 5.56 Å². The van der Waals surface area contributed by atoms with E-state index in [4.69, 9.17) is 0 Å². The van der Waals surface area contributed by atoms with Gasteiger partial charge in [0, 0.05) is 29.6 Å². The van der Waals surface area contributed by atoms with Gasteiger partial charge in [0.05, 0.1) is 0 Å². The molecular weight excluding hydrogens is 404 g/mol. The van der Waals surface area contributed by atoms with Crippen molar-refractivity contribution in [2.75, 3.05) is 5.32 Å². The lowest BCUT2D eigenvalue weighted by Gasteiger charge is -2.18.